The van der Waals surface area contributed by atoms with Crippen molar-refractivity contribution in [2.75, 3.05) is 0 Å². The molecule has 0 saturated carbocycles. The number of ether oxygens (including phenoxy) is 1. The number of ketones is 1. The molecule has 3 nitrogen and oxygen atoms in total. The van der Waals surface area contributed by atoms with Crippen LogP contribution in [-0.2, 0) is 12.6 Å². The first-order valence-electron chi connectivity index (χ1n) is 6.41. The Morgan fingerprint density at radius 1 is 1.26 bits per heavy atom. The van der Waals surface area contributed by atoms with Gasteiger partial charge < -0.3 is 9.30 Å². The molecule has 0 fully saturated rings. The molecule has 0 unspecified atom stereocenters. The first-order valence-corrected chi connectivity index (χ1v) is 6.41. The molecule has 1 aliphatic heterocycles. The second kappa shape index (κ2) is 3.73. The Kier molecular flexibility index (Phi) is 2.36. The minimum atomic E-state index is -0.421. The summed E-state index contributed by atoms with van der Waals surface area (Å²) in [5, 5.41) is 0. The van der Waals surface area contributed by atoms with Gasteiger partial charge in [0.05, 0.1) is 11.4 Å². The van der Waals surface area contributed by atoms with E-state index in [4.69, 9.17) is 4.74 Å². The maximum atomic E-state index is 11.7. The molecule has 1 aromatic carbocycles. The Balaban J connectivity index is 2.37. The van der Waals surface area contributed by atoms with E-state index in [1.165, 1.54) is 0 Å². The molecule has 1 aromatic heterocycles. The molecular weight excluding hydrogens is 238 g/mol. The van der Waals surface area contributed by atoms with Gasteiger partial charge in [-0.15, -0.1) is 0 Å². The largest absolute Gasteiger partial charge is 0.482 e. The standard InChI is InChI=1S/C16H17NO2/c1-10(18)13-9-12-15(17(13)4)11-7-5-6-8-14(11)19-16(12,2)3/h5-9H,1-4H3. The Morgan fingerprint density at radius 3 is 2.63 bits per heavy atom. The van der Waals surface area contributed by atoms with E-state index in [0.29, 0.717) is 0 Å². The third kappa shape index (κ3) is 1.61. The number of Topliss-reactive ketones (excluding diaryl/α,β-unsaturated/α-hetero) is 1. The van der Waals surface area contributed by atoms with E-state index in [9.17, 15) is 4.79 Å². The van der Waals surface area contributed by atoms with Gasteiger partial charge in [-0.2, -0.15) is 0 Å². The zero-order chi connectivity index (χ0) is 13.8. The van der Waals surface area contributed by atoms with Gasteiger partial charge in [0.1, 0.15) is 11.4 Å². The van der Waals surface area contributed by atoms with Crippen molar-refractivity contribution in [3.05, 3.63) is 41.6 Å². The van der Waals surface area contributed by atoms with Crippen molar-refractivity contribution >= 4 is 5.78 Å². The summed E-state index contributed by atoms with van der Waals surface area (Å²) < 4.78 is 8.04. The van der Waals surface area contributed by atoms with Crippen molar-refractivity contribution in [1.29, 1.82) is 0 Å². The highest BCUT2D eigenvalue weighted by Gasteiger charge is 2.35. The molecule has 3 heteroatoms. The predicted octanol–water partition coefficient (Wildman–Crippen LogP) is 3.52. The van der Waals surface area contributed by atoms with E-state index in [2.05, 4.69) is 0 Å². The quantitative estimate of drug-likeness (QED) is 0.730. The van der Waals surface area contributed by atoms with Gasteiger partial charge in [0.25, 0.3) is 0 Å². The molecule has 0 radical (unpaired) electrons. The van der Waals surface area contributed by atoms with Crippen molar-refractivity contribution in [3.8, 4) is 17.0 Å². The number of nitrogens with zero attached hydrogens (tertiary/aromatic N) is 1. The van der Waals surface area contributed by atoms with Crippen LogP contribution < -0.4 is 4.74 Å². The van der Waals surface area contributed by atoms with Crippen molar-refractivity contribution in [2.24, 2.45) is 7.05 Å². The lowest BCUT2D eigenvalue weighted by molar-refractivity contribution is 0.101. The van der Waals surface area contributed by atoms with Crippen LogP contribution in [0.25, 0.3) is 11.3 Å². The second-order valence-corrected chi connectivity index (χ2v) is 5.52. The van der Waals surface area contributed by atoms with Gasteiger partial charge in [-0.1, -0.05) is 12.1 Å². The van der Waals surface area contributed by atoms with Crippen LogP contribution in [0, 0.1) is 0 Å². The maximum absolute atomic E-state index is 11.7. The van der Waals surface area contributed by atoms with Crippen LogP contribution in [0.4, 0.5) is 0 Å². The van der Waals surface area contributed by atoms with E-state index >= 15 is 0 Å². The fourth-order valence-corrected chi connectivity index (χ4v) is 2.81. The number of carbonyl (C=O) groups is 1. The fraction of sp³-hybridized carbons (Fsp3) is 0.312. The Labute approximate surface area is 112 Å². The van der Waals surface area contributed by atoms with Gasteiger partial charge in [-0.3, -0.25) is 4.79 Å². The molecule has 2 heterocycles. The van der Waals surface area contributed by atoms with Crippen LogP contribution in [0.5, 0.6) is 5.75 Å². The molecule has 3 rings (SSSR count). The molecule has 0 bridgehead atoms. The number of benzene rings is 1. The Morgan fingerprint density at radius 2 is 1.95 bits per heavy atom. The highest BCUT2D eigenvalue weighted by atomic mass is 16.5. The molecule has 0 saturated heterocycles. The number of aromatic nitrogens is 1. The molecule has 0 N–H and O–H groups in total. The Hall–Kier alpha value is -2.03. The molecule has 1 aliphatic rings. The highest BCUT2D eigenvalue weighted by molar-refractivity contribution is 5.95. The number of hydrogen-bond donors (Lipinski definition) is 0. The zero-order valence-corrected chi connectivity index (χ0v) is 11.7. The summed E-state index contributed by atoms with van der Waals surface area (Å²) in [6, 6.07) is 9.92. The van der Waals surface area contributed by atoms with E-state index < -0.39 is 5.60 Å². The van der Waals surface area contributed by atoms with Crippen LogP contribution in [0.3, 0.4) is 0 Å². The number of fused-ring (bicyclic) bond motifs is 3. The van der Waals surface area contributed by atoms with Gasteiger partial charge in [0, 0.05) is 25.1 Å². The van der Waals surface area contributed by atoms with Gasteiger partial charge in [0.2, 0.25) is 0 Å². The summed E-state index contributed by atoms with van der Waals surface area (Å²) in [4.78, 5) is 11.7. The van der Waals surface area contributed by atoms with E-state index in [1.54, 1.807) is 6.92 Å². The second-order valence-electron chi connectivity index (χ2n) is 5.52. The molecule has 19 heavy (non-hydrogen) atoms. The highest BCUT2D eigenvalue weighted by Crippen LogP contribution is 2.45. The number of rotatable bonds is 1. The third-order valence-corrected chi connectivity index (χ3v) is 3.75. The average molecular weight is 255 g/mol. The fourth-order valence-electron chi connectivity index (χ4n) is 2.81. The third-order valence-electron chi connectivity index (χ3n) is 3.75. The first-order chi connectivity index (χ1) is 8.92. The van der Waals surface area contributed by atoms with E-state index in [1.807, 2.05) is 55.8 Å². The summed E-state index contributed by atoms with van der Waals surface area (Å²) in [5.41, 5.74) is 3.50. The summed E-state index contributed by atoms with van der Waals surface area (Å²) in [6.45, 7) is 5.66. The normalized spacial score (nSPS) is 15.4. The van der Waals surface area contributed by atoms with Gasteiger partial charge >= 0.3 is 0 Å². The molecule has 2 aromatic rings. The van der Waals surface area contributed by atoms with E-state index in [-0.39, 0.29) is 5.78 Å². The molecule has 0 spiro atoms. The molecule has 98 valence electrons. The minimum absolute atomic E-state index is 0.0742. The maximum Gasteiger partial charge on any atom is 0.176 e. The molecule has 0 amide bonds. The van der Waals surface area contributed by atoms with Crippen LogP contribution in [0.15, 0.2) is 30.3 Å². The lowest BCUT2D eigenvalue weighted by atomic mass is 9.91. The lowest BCUT2D eigenvalue weighted by Crippen LogP contribution is -2.29. The molecule has 0 atom stereocenters. The SMILES string of the molecule is CC(=O)c1cc2c(n1C)-c1ccccc1OC2(C)C. The summed E-state index contributed by atoms with van der Waals surface area (Å²) in [6.07, 6.45) is 0. The first kappa shape index (κ1) is 12.0. The summed E-state index contributed by atoms with van der Waals surface area (Å²) >= 11 is 0. The van der Waals surface area contributed by atoms with Crippen molar-refractivity contribution in [3.63, 3.8) is 0 Å². The zero-order valence-electron chi connectivity index (χ0n) is 11.7. The van der Waals surface area contributed by atoms with Crippen LogP contribution >= 0.6 is 0 Å². The predicted molar refractivity (Wildman–Crippen MR) is 74.5 cm³/mol. The Bertz CT molecular complexity index is 680. The van der Waals surface area contributed by atoms with Crippen molar-refractivity contribution in [1.82, 2.24) is 4.57 Å². The van der Waals surface area contributed by atoms with Crippen molar-refractivity contribution < 1.29 is 9.53 Å². The summed E-state index contributed by atoms with van der Waals surface area (Å²) in [7, 11) is 1.94. The van der Waals surface area contributed by atoms with E-state index in [0.717, 1.165) is 28.3 Å². The number of carbonyl (C=O) groups excluding carboxylic acids is 1. The van der Waals surface area contributed by atoms with Gasteiger partial charge in [0.15, 0.2) is 5.78 Å². The van der Waals surface area contributed by atoms with Gasteiger partial charge in [-0.25, -0.2) is 0 Å². The van der Waals surface area contributed by atoms with Crippen LogP contribution in [0.1, 0.15) is 36.8 Å². The minimum Gasteiger partial charge on any atom is -0.482 e. The smallest absolute Gasteiger partial charge is 0.176 e. The van der Waals surface area contributed by atoms with Crippen molar-refractivity contribution in [2.45, 2.75) is 26.4 Å². The molecule has 0 aliphatic carbocycles. The molecular formula is C16H17NO2. The monoisotopic (exact) mass is 255 g/mol. The number of hydrogen-bond acceptors (Lipinski definition) is 2. The van der Waals surface area contributed by atoms with Crippen LogP contribution in [0.2, 0.25) is 0 Å². The number of para-hydroxylation sites is 1. The van der Waals surface area contributed by atoms with Crippen LogP contribution in [-0.4, -0.2) is 10.4 Å². The average Bonchev–Trinajstić information content (AvgIpc) is 2.68. The summed E-state index contributed by atoms with van der Waals surface area (Å²) in [5.74, 6) is 0.946. The van der Waals surface area contributed by atoms with Gasteiger partial charge in [-0.05, 0) is 32.0 Å². The lowest BCUT2D eigenvalue weighted by Gasteiger charge is -2.33. The topological polar surface area (TPSA) is 31.2 Å².